The fraction of sp³-hybridized carbons (Fsp3) is 0.211. The highest BCUT2D eigenvalue weighted by atomic mass is 35.5. The predicted octanol–water partition coefficient (Wildman–Crippen LogP) is 2.80. The van der Waals surface area contributed by atoms with E-state index < -0.39 is 9.84 Å². The van der Waals surface area contributed by atoms with E-state index in [0.29, 0.717) is 30.0 Å². The van der Waals surface area contributed by atoms with Crippen LogP contribution in [0.2, 0.25) is 5.02 Å². The molecule has 0 aliphatic heterocycles. The SMILES string of the molecule is CS(=O)(=O)c1cc(Cl)cc(C(=O)CCCc2ncnn2-c2ccc(C#N)cn2)c1. The van der Waals surface area contributed by atoms with Crippen LogP contribution in [0.15, 0.2) is 47.8 Å². The Morgan fingerprint density at radius 2 is 2.03 bits per heavy atom. The number of Topliss-reactive ketones (excluding diaryl/α,β-unsaturated/α-hetero) is 1. The van der Waals surface area contributed by atoms with Crippen molar-refractivity contribution >= 4 is 27.2 Å². The number of nitriles is 1. The van der Waals surface area contributed by atoms with E-state index in [-0.39, 0.29) is 27.7 Å². The fourth-order valence-electron chi connectivity index (χ4n) is 2.69. The Hall–Kier alpha value is -3.09. The zero-order chi connectivity index (χ0) is 21.0. The first kappa shape index (κ1) is 20.6. The fourth-order valence-corrected chi connectivity index (χ4v) is 3.68. The maximum Gasteiger partial charge on any atom is 0.175 e. The Balaban J connectivity index is 1.68. The summed E-state index contributed by atoms with van der Waals surface area (Å²) in [6.45, 7) is 0. The van der Waals surface area contributed by atoms with Crippen LogP contribution in [0.3, 0.4) is 0 Å². The van der Waals surface area contributed by atoms with Gasteiger partial charge in [0.25, 0.3) is 0 Å². The van der Waals surface area contributed by atoms with Gasteiger partial charge in [-0.05, 0) is 36.8 Å². The number of carbonyl (C=O) groups is 1. The Kier molecular flexibility index (Phi) is 6.06. The highest BCUT2D eigenvalue weighted by Crippen LogP contribution is 2.21. The number of aryl methyl sites for hydroxylation is 1. The number of hydrogen-bond donors (Lipinski definition) is 0. The smallest absolute Gasteiger partial charge is 0.175 e. The number of carbonyl (C=O) groups excluding carboxylic acids is 1. The summed E-state index contributed by atoms with van der Waals surface area (Å²) in [6.07, 6.45) is 5.05. The van der Waals surface area contributed by atoms with Crippen molar-refractivity contribution in [1.29, 1.82) is 5.26 Å². The van der Waals surface area contributed by atoms with Gasteiger partial charge in [0.1, 0.15) is 18.2 Å². The third-order valence-electron chi connectivity index (χ3n) is 4.14. The van der Waals surface area contributed by atoms with Gasteiger partial charge in [0.05, 0.1) is 10.5 Å². The molecule has 29 heavy (non-hydrogen) atoms. The maximum absolute atomic E-state index is 12.5. The average molecular weight is 430 g/mol. The molecule has 0 saturated heterocycles. The predicted molar refractivity (Wildman–Crippen MR) is 106 cm³/mol. The van der Waals surface area contributed by atoms with Gasteiger partial charge < -0.3 is 0 Å². The average Bonchev–Trinajstić information content (AvgIpc) is 3.15. The molecule has 10 heteroatoms. The lowest BCUT2D eigenvalue weighted by molar-refractivity contribution is 0.0980. The molecule has 0 fully saturated rings. The van der Waals surface area contributed by atoms with Crippen molar-refractivity contribution in [2.24, 2.45) is 0 Å². The minimum atomic E-state index is -3.46. The number of sulfone groups is 1. The Morgan fingerprint density at radius 3 is 2.69 bits per heavy atom. The molecule has 2 heterocycles. The van der Waals surface area contributed by atoms with E-state index in [9.17, 15) is 13.2 Å². The van der Waals surface area contributed by atoms with Crippen LogP contribution >= 0.6 is 11.6 Å². The number of rotatable bonds is 7. The lowest BCUT2D eigenvalue weighted by Gasteiger charge is -2.06. The summed E-state index contributed by atoms with van der Waals surface area (Å²) in [5, 5.41) is 13.2. The van der Waals surface area contributed by atoms with Crippen molar-refractivity contribution in [3.63, 3.8) is 0 Å². The number of halogens is 1. The number of benzene rings is 1. The summed E-state index contributed by atoms with van der Waals surface area (Å²) in [4.78, 5) is 20.9. The summed E-state index contributed by atoms with van der Waals surface area (Å²) < 4.78 is 25.0. The zero-order valence-electron chi connectivity index (χ0n) is 15.4. The number of ketones is 1. The lowest BCUT2D eigenvalue weighted by Crippen LogP contribution is -2.07. The van der Waals surface area contributed by atoms with Crippen LogP contribution in [-0.4, -0.2) is 40.2 Å². The Labute approximate surface area is 172 Å². The van der Waals surface area contributed by atoms with Crippen molar-refractivity contribution in [1.82, 2.24) is 19.7 Å². The second kappa shape index (κ2) is 8.51. The minimum Gasteiger partial charge on any atom is -0.294 e. The molecule has 1 aromatic carbocycles. The summed E-state index contributed by atoms with van der Waals surface area (Å²) in [5.74, 6) is 0.938. The molecule has 148 valence electrons. The van der Waals surface area contributed by atoms with E-state index in [2.05, 4.69) is 15.1 Å². The molecule has 0 spiro atoms. The van der Waals surface area contributed by atoms with Crippen molar-refractivity contribution in [3.8, 4) is 11.9 Å². The molecule has 0 radical (unpaired) electrons. The molecule has 0 bridgehead atoms. The summed E-state index contributed by atoms with van der Waals surface area (Å²) in [7, 11) is -3.46. The summed E-state index contributed by atoms with van der Waals surface area (Å²) in [5.41, 5.74) is 0.698. The first-order chi connectivity index (χ1) is 13.8. The summed E-state index contributed by atoms with van der Waals surface area (Å²) in [6, 6.07) is 9.42. The van der Waals surface area contributed by atoms with Gasteiger partial charge in [0.2, 0.25) is 0 Å². The molecule has 3 aromatic rings. The van der Waals surface area contributed by atoms with Crippen LogP contribution in [-0.2, 0) is 16.3 Å². The number of hydrogen-bond acceptors (Lipinski definition) is 7. The quantitative estimate of drug-likeness (QED) is 0.529. The first-order valence-corrected chi connectivity index (χ1v) is 10.8. The van der Waals surface area contributed by atoms with Crippen LogP contribution in [0.25, 0.3) is 5.82 Å². The summed E-state index contributed by atoms with van der Waals surface area (Å²) >= 11 is 5.96. The highest BCUT2D eigenvalue weighted by molar-refractivity contribution is 7.90. The number of pyridine rings is 1. The standard InChI is InChI=1S/C19H16ClN5O3S/c1-29(27,28)16-8-14(7-15(20)9-16)17(26)3-2-4-18-23-12-24-25(18)19-6-5-13(10-21)11-22-19/h5-9,11-12H,2-4H2,1H3. The van der Waals surface area contributed by atoms with Crippen LogP contribution in [0, 0.1) is 11.3 Å². The molecular weight excluding hydrogens is 414 g/mol. The van der Waals surface area contributed by atoms with Crippen molar-refractivity contribution in [3.05, 3.63) is 64.8 Å². The van der Waals surface area contributed by atoms with Crippen molar-refractivity contribution < 1.29 is 13.2 Å². The topological polar surface area (TPSA) is 119 Å². The van der Waals surface area contributed by atoms with Gasteiger partial charge >= 0.3 is 0 Å². The van der Waals surface area contributed by atoms with Gasteiger partial charge in [-0.2, -0.15) is 15.0 Å². The molecule has 0 aliphatic rings. The lowest BCUT2D eigenvalue weighted by atomic mass is 10.1. The largest absolute Gasteiger partial charge is 0.294 e. The van der Waals surface area contributed by atoms with Crippen LogP contribution in [0.1, 0.15) is 34.6 Å². The molecule has 0 N–H and O–H groups in total. The third-order valence-corrected chi connectivity index (χ3v) is 5.45. The van der Waals surface area contributed by atoms with Gasteiger partial charge in [-0.3, -0.25) is 4.79 Å². The molecule has 0 atom stereocenters. The van der Waals surface area contributed by atoms with E-state index in [1.54, 1.807) is 16.8 Å². The molecule has 3 rings (SSSR count). The molecule has 0 aliphatic carbocycles. The van der Waals surface area contributed by atoms with Gasteiger partial charge in [-0.1, -0.05) is 11.6 Å². The normalized spacial score (nSPS) is 11.2. The van der Waals surface area contributed by atoms with Crippen LogP contribution in [0.4, 0.5) is 0 Å². The van der Waals surface area contributed by atoms with Crippen LogP contribution in [0.5, 0.6) is 0 Å². The molecule has 2 aromatic heterocycles. The van der Waals surface area contributed by atoms with Crippen molar-refractivity contribution in [2.45, 2.75) is 24.2 Å². The van der Waals surface area contributed by atoms with Gasteiger partial charge in [0.15, 0.2) is 21.4 Å². The maximum atomic E-state index is 12.5. The molecule has 0 amide bonds. The second-order valence-electron chi connectivity index (χ2n) is 6.33. The second-order valence-corrected chi connectivity index (χ2v) is 8.78. The van der Waals surface area contributed by atoms with E-state index in [4.69, 9.17) is 16.9 Å². The molecule has 8 nitrogen and oxygen atoms in total. The minimum absolute atomic E-state index is 0.0139. The van der Waals surface area contributed by atoms with Crippen molar-refractivity contribution in [2.75, 3.05) is 6.26 Å². The van der Waals surface area contributed by atoms with E-state index in [0.717, 1.165) is 6.26 Å². The zero-order valence-corrected chi connectivity index (χ0v) is 17.0. The third kappa shape index (κ3) is 5.04. The number of aromatic nitrogens is 4. The highest BCUT2D eigenvalue weighted by Gasteiger charge is 2.15. The monoisotopic (exact) mass is 429 g/mol. The van der Waals surface area contributed by atoms with Gasteiger partial charge in [-0.25, -0.2) is 18.4 Å². The molecular formula is C19H16ClN5O3S. The van der Waals surface area contributed by atoms with Crippen LogP contribution < -0.4 is 0 Å². The van der Waals surface area contributed by atoms with Gasteiger partial charge in [0, 0.05) is 35.9 Å². The van der Waals surface area contributed by atoms with E-state index in [1.807, 2.05) is 6.07 Å². The Morgan fingerprint density at radius 1 is 1.24 bits per heavy atom. The molecule has 0 unspecified atom stereocenters. The van der Waals surface area contributed by atoms with E-state index in [1.165, 1.54) is 30.7 Å². The number of nitrogens with zero attached hydrogens (tertiary/aromatic N) is 5. The van der Waals surface area contributed by atoms with E-state index >= 15 is 0 Å². The molecule has 0 saturated carbocycles. The first-order valence-electron chi connectivity index (χ1n) is 8.57. The Bertz CT molecular complexity index is 1200. The van der Waals surface area contributed by atoms with Gasteiger partial charge in [-0.15, -0.1) is 0 Å².